The number of benzene rings is 1. The van der Waals surface area contributed by atoms with Gasteiger partial charge in [0.15, 0.2) is 0 Å². The van der Waals surface area contributed by atoms with Gasteiger partial charge in [0.25, 0.3) is 0 Å². The van der Waals surface area contributed by atoms with Crippen LogP contribution in [0.5, 0.6) is 5.75 Å². The highest BCUT2D eigenvalue weighted by Gasteiger charge is 2.17. The lowest BCUT2D eigenvalue weighted by atomic mass is 10.2. The number of rotatable bonds is 5. The van der Waals surface area contributed by atoms with Gasteiger partial charge >= 0.3 is 0 Å². The molecule has 0 aliphatic heterocycles. The van der Waals surface area contributed by atoms with E-state index in [0.717, 1.165) is 16.8 Å². The third-order valence-electron chi connectivity index (χ3n) is 3.83. The Morgan fingerprint density at radius 2 is 1.90 bits per heavy atom. The Labute approximate surface area is 128 Å². The van der Waals surface area contributed by atoms with Crippen LogP contribution in [0.4, 0.5) is 0 Å². The highest BCUT2D eigenvalue weighted by atomic mass is 79.9. The van der Waals surface area contributed by atoms with Crippen LogP contribution in [-0.2, 0) is 11.9 Å². The maximum atomic E-state index is 5.78. The molecule has 1 aliphatic carbocycles. The molecule has 1 aliphatic rings. The Morgan fingerprint density at radius 1 is 1.15 bits per heavy atom. The minimum Gasteiger partial charge on any atom is -0.487 e. The van der Waals surface area contributed by atoms with Crippen molar-refractivity contribution >= 4 is 15.9 Å². The van der Waals surface area contributed by atoms with Crippen LogP contribution in [0.3, 0.4) is 0 Å². The molecule has 0 saturated heterocycles. The van der Waals surface area contributed by atoms with Gasteiger partial charge < -0.3 is 4.74 Å². The van der Waals surface area contributed by atoms with Crippen LogP contribution in [0.25, 0.3) is 0 Å². The molecule has 4 heteroatoms. The predicted octanol–water partition coefficient (Wildman–Crippen LogP) is 4.47. The Morgan fingerprint density at radius 3 is 2.60 bits per heavy atom. The SMILES string of the molecule is BrCc1ccc(OCc2ccn(C3CCCC3)n2)cc1. The van der Waals surface area contributed by atoms with Gasteiger partial charge in [0, 0.05) is 11.5 Å². The number of ether oxygens (including phenoxy) is 1. The molecule has 0 unspecified atom stereocenters. The Kier molecular flexibility index (Phi) is 4.41. The number of hydrogen-bond donors (Lipinski definition) is 0. The van der Waals surface area contributed by atoms with Gasteiger partial charge in [-0.3, -0.25) is 4.68 Å². The maximum Gasteiger partial charge on any atom is 0.132 e. The lowest BCUT2D eigenvalue weighted by Crippen LogP contribution is -2.06. The van der Waals surface area contributed by atoms with Gasteiger partial charge in [0.2, 0.25) is 0 Å². The molecule has 1 heterocycles. The number of hydrogen-bond acceptors (Lipinski definition) is 2. The topological polar surface area (TPSA) is 27.1 Å². The molecule has 0 radical (unpaired) electrons. The second-order valence-electron chi connectivity index (χ2n) is 5.29. The zero-order chi connectivity index (χ0) is 13.8. The van der Waals surface area contributed by atoms with Crippen LogP contribution in [0.1, 0.15) is 43.0 Å². The summed E-state index contributed by atoms with van der Waals surface area (Å²) in [6.07, 6.45) is 7.27. The highest BCUT2D eigenvalue weighted by molar-refractivity contribution is 9.08. The van der Waals surface area contributed by atoms with Crippen LogP contribution in [0.15, 0.2) is 36.5 Å². The van der Waals surface area contributed by atoms with E-state index in [4.69, 9.17) is 4.74 Å². The Bertz CT molecular complexity index is 544. The first kappa shape index (κ1) is 13.7. The molecule has 1 aromatic carbocycles. The Balaban J connectivity index is 1.57. The molecule has 0 bridgehead atoms. The van der Waals surface area contributed by atoms with Crippen molar-refractivity contribution in [1.29, 1.82) is 0 Å². The van der Waals surface area contributed by atoms with E-state index in [2.05, 4.69) is 50.1 Å². The summed E-state index contributed by atoms with van der Waals surface area (Å²) in [5.41, 5.74) is 2.25. The quantitative estimate of drug-likeness (QED) is 0.754. The van der Waals surface area contributed by atoms with E-state index < -0.39 is 0 Å². The van der Waals surface area contributed by atoms with Gasteiger partial charge in [-0.1, -0.05) is 40.9 Å². The van der Waals surface area contributed by atoms with Crippen molar-refractivity contribution in [1.82, 2.24) is 9.78 Å². The van der Waals surface area contributed by atoms with E-state index in [1.165, 1.54) is 31.2 Å². The molecule has 3 rings (SSSR count). The molecular weight excluding hydrogens is 316 g/mol. The summed E-state index contributed by atoms with van der Waals surface area (Å²) in [6.45, 7) is 0.535. The molecule has 2 aromatic rings. The van der Waals surface area contributed by atoms with E-state index in [-0.39, 0.29) is 0 Å². The molecule has 20 heavy (non-hydrogen) atoms. The van der Waals surface area contributed by atoms with Crippen LogP contribution < -0.4 is 4.74 Å². The molecule has 1 fully saturated rings. The van der Waals surface area contributed by atoms with Gasteiger partial charge in [-0.2, -0.15) is 5.10 Å². The largest absolute Gasteiger partial charge is 0.487 e. The van der Waals surface area contributed by atoms with Crippen LogP contribution in [0, 0.1) is 0 Å². The van der Waals surface area contributed by atoms with Crippen LogP contribution in [0.2, 0.25) is 0 Å². The third kappa shape index (κ3) is 3.23. The normalized spacial score (nSPS) is 15.7. The van der Waals surface area contributed by atoms with Gasteiger partial charge in [0.1, 0.15) is 12.4 Å². The fraction of sp³-hybridized carbons (Fsp3) is 0.438. The van der Waals surface area contributed by atoms with Crippen molar-refractivity contribution in [3.05, 3.63) is 47.8 Å². The van der Waals surface area contributed by atoms with Crippen molar-refractivity contribution < 1.29 is 4.74 Å². The summed E-state index contributed by atoms with van der Waals surface area (Å²) in [4.78, 5) is 0. The molecule has 3 nitrogen and oxygen atoms in total. The minimum absolute atomic E-state index is 0.535. The molecule has 1 aromatic heterocycles. The lowest BCUT2D eigenvalue weighted by Gasteiger charge is -2.09. The summed E-state index contributed by atoms with van der Waals surface area (Å²) >= 11 is 3.44. The maximum absolute atomic E-state index is 5.78. The van der Waals surface area contributed by atoms with Crippen molar-refractivity contribution in [2.45, 2.75) is 43.7 Å². The van der Waals surface area contributed by atoms with E-state index in [1.54, 1.807) is 0 Å². The van der Waals surface area contributed by atoms with Gasteiger partial charge in [-0.05, 0) is 36.6 Å². The van der Waals surface area contributed by atoms with Crippen molar-refractivity contribution in [2.24, 2.45) is 0 Å². The smallest absolute Gasteiger partial charge is 0.132 e. The molecule has 0 atom stereocenters. The van der Waals surface area contributed by atoms with E-state index in [9.17, 15) is 0 Å². The average Bonchev–Trinajstić information content (AvgIpc) is 3.16. The van der Waals surface area contributed by atoms with E-state index in [0.29, 0.717) is 12.6 Å². The molecule has 106 valence electrons. The average molecular weight is 335 g/mol. The fourth-order valence-corrected chi connectivity index (χ4v) is 3.03. The third-order valence-corrected chi connectivity index (χ3v) is 4.47. The molecule has 1 saturated carbocycles. The highest BCUT2D eigenvalue weighted by Crippen LogP contribution is 2.28. The summed E-state index contributed by atoms with van der Waals surface area (Å²) in [5.74, 6) is 0.894. The van der Waals surface area contributed by atoms with Gasteiger partial charge in [-0.15, -0.1) is 0 Å². The zero-order valence-corrected chi connectivity index (χ0v) is 13.1. The Hall–Kier alpha value is -1.29. The standard InChI is InChI=1S/C16H19BrN2O/c17-11-13-5-7-16(8-6-13)20-12-14-9-10-19(18-14)15-3-1-2-4-15/h5-10,15H,1-4,11-12H2. The number of aromatic nitrogens is 2. The van der Waals surface area contributed by atoms with Crippen molar-refractivity contribution in [3.8, 4) is 5.75 Å². The summed E-state index contributed by atoms with van der Waals surface area (Å²) in [7, 11) is 0. The van der Waals surface area contributed by atoms with E-state index in [1.807, 2.05) is 12.1 Å². The zero-order valence-electron chi connectivity index (χ0n) is 11.5. The predicted molar refractivity (Wildman–Crippen MR) is 83.1 cm³/mol. The number of alkyl halides is 1. The first-order valence-corrected chi connectivity index (χ1v) is 8.29. The molecule has 0 spiro atoms. The van der Waals surface area contributed by atoms with E-state index >= 15 is 0 Å². The van der Waals surface area contributed by atoms with Gasteiger partial charge in [0.05, 0.1) is 11.7 Å². The minimum atomic E-state index is 0.535. The fourth-order valence-electron chi connectivity index (χ4n) is 2.66. The first-order valence-electron chi connectivity index (χ1n) is 7.17. The van der Waals surface area contributed by atoms with Crippen LogP contribution in [-0.4, -0.2) is 9.78 Å². The molecular formula is C16H19BrN2O. The summed E-state index contributed by atoms with van der Waals surface area (Å²) in [5, 5.41) is 5.50. The first-order chi connectivity index (χ1) is 9.85. The number of nitrogens with zero attached hydrogens (tertiary/aromatic N) is 2. The van der Waals surface area contributed by atoms with Gasteiger partial charge in [-0.25, -0.2) is 0 Å². The number of halogens is 1. The lowest BCUT2D eigenvalue weighted by molar-refractivity contribution is 0.298. The monoisotopic (exact) mass is 334 g/mol. The van der Waals surface area contributed by atoms with Crippen molar-refractivity contribution in [2.75, 3.05) is 0 Å². The second-order valence-corrected chi connectivity index (χ2v) is 5.85. The molecule has 0 amide bonds. The van der Waals surface area contributed by atoms with Crippen LogP contribution >= 0.6 is 15.9 Å². The summed E-state index contributed by atoms with van der Waals surface area (Å²) in [6, 6.07) is 10.8. The van der Waals surface area contributed by atoms with Crippen molar-refractivity contribution in [3.63, 3.8) is 0 Å². The second kappa shape index (κ2) is 6.44. The molecule has 0 N–H and O–H groups in total. The summed E-state index contributed by atoms with van der Waals surface area (Å²) < 4.78 is 7.89.